The van der Waals surface area contributed by atoms with Gasteiger partial charge in [-0.25, -0.2) is 0 Å². The van der Waals surface area contributed by atoms with Crippen LogP contribution in [0.15, 0.2) is 12.7 Å². The van der Waals surface area contributed by atoms with E-state index in [0.717, 1.165) is 0 Å². The summed E-state index contributed by atoms with van der Waals surface area (Å²) in [5.41, 5.74) is 0. The number of rotatable bonds is 0. The second kappa shape index (κ2) is 5.43. The Kier molecular flexibility index (Phi) is 4.12. The van der Waals surface area contributed by atoms with Gasteiger partial charge >= 0.3 is 0 Å². The SMILES string of the molecule is C=CC#CC1OCC(C#CC)CO1. The van der Waals surface area contributed by atoms with E-state index < -0.39 is 6.29 Å². The summed E-state index contributed by atoms with van der Waals surface area (Å²) in [6.45, 7) is 6.48. The molecule has 0 amide bonds. The Balaban J connectivity index is 2.37. The van der Waals surface area contributed by atoms with E-state index in [1.165, 1.54) is 6.08 Å². The maximum absolute atomic E-state index is 5.30. The fourth-order valence-corrected chi connectivity index (χ4v) is 1.00. The molecule has 0 unspecified atom stereocenters. The summed E-state index contributed by atoms with van der Waals surface area (Å²) in [4.78, 5) is 0. The van der Waals surface area contributed by atoms with Crippen molar-refractivity contribution in [2.45, 2.75) is 13.2 Å². The first kappa shape index (κ1) is 9.86. The number of allylic oxidation sites excluding steroid dienone is 1. The van der Waals surface area contributed by atoms with E-state index >= 15 is 0 Å². The van der Waals surface area contributed by atoms with Gasteiger partial charge in [-0.2, -0.15) is 0 Å². The fourth-order valence-electron chi connectivity index (χ4n) is 1.00. The van der Waals surface area contributed by atoms with Gasteiger partial charge in [0.2, 0.25) is 6.29 Å². The van der Waals surface area contributed by atoms with Crippen molar-refractivity contribution < 1.29 is 9.47 Å². The molecule has 0 saturated carbocycles. The van der Waals surface area contributed by atoms with Crippen LogP contribution < -0.4 is 0 Å². The maximum atomic E-state index is 5.30. The molecular weight excluding hydrogens is 164 g/mol. The first-order chi connectivity index (χ1) is 6.36. The van der Waals surface area contributed by atoms with Crippen molar-refractivity contribution in [1.29, 1.82) is 0 Å². The van der Waals surface area contributed by atoms with Crippen LogP contribution in [0.3, 0.4) is 0 Å². The molecule has 1 aliphatic heterocycles. The van der Waals surface area contributed by atoms with Crippen molar-refractivity contribution in [2.75, 3.05) is 13.2 Å². The molecule has 68 valence electrons. The Morgan fingerprint density at radius 1 is 1.31 bits per heavy atom. The zero-order valence-electron chi connectivity index (χ0n) is 7.67. The third-order valence-electron chi connectivity index (χ3n) is 1.55. The predicted molar refractivity (Wildman–Crippen MR) is 50.6 cm³/mol. The quantitative estimate of drug-likeness (QED) is 0.516. The van der Waals surface area contributed by atoms with Gasteiger partial charge in [0.1, 0.15) is 0 Å². The molecule has 0 N–H and O–H groups in total. The highest BCUT2D eigenvalue weighted by Crippen LogP contribution is 2.09. The van der Waals surface area contributed by atoms with Crippen LogP contribution in [0.25, 0.3) is 0 Å². The first-order valence-electron chi connectivity index (χ1n) is 4.14. The van der Waals surface area contributed by atoms with Crippen LogP contribution in [0, 0.1) is 29.6 Å². The van der Waals surface area contributed by atoms with Crippen LogP contribution in [0.1, 0.15) is 6.92 Å². The van der Waals surface area contributed by atoms with Crippen LogP contribution >= 0.6 is 0 Å². The van der Waals surface area contributed by atoms with Crippen molar-refractivity contribution in [3.63, 3.8) is 0 Å². The molecule has 13 heavy (non-hydrogen) atoms. The summed E-state index contributed by atoms with van der Waals surface area (Å²) in [5.74, 6) is 11.5. The Bertz CT molecular complexity index is 277. The zero-order chi connectivity index (χ0) is 9.52. The molecule has 2 nitrogen and oxygen atoms in total. The van der Waals surface area contributed by atoms with Gasteiger partial charge in [-0.15, -0.1) is 5.92 Å². The minimum atomic E-state index is -0.409. The molecule has 1 rings (SSSR count). The summed E-state index contributed by atoms with van der Waals surface area (Å²) < 4.78 is 10.6. The molecule has 1 aliphatic rings. The lowest BCUT2D eigenvalue weighted by molar-refractivity contribution is -0.158. The topological polar surface area (TPSA) is 18.5 Å². The van der Waals surface area contributed by atoms with Gasteiger partial charge in [0, 0.05) is 0 Å². The highest BCUT2D eigenvalue weighted by Gasteiger charge is 2.18. The minimum absolute atomic E-state index is 0.187. The van der Waals surface area contributed by atoms with Gasteiger partial charge in [-0.05, 0) is 18.9 Å². The average Bonchev–Trinajstić information content (AvgIpc) is 2.17. The molecule has 1 heterocycles. The summed E-state index contributed by atoms with van der Waals surface area (Å²) >= 11 is 0. The van der Waals surface area contributed by atoms with Gasteiger partial charge in [0.25, 0.3) is 0 Å². The molecular formula is C11H12O2. The van der Waals surface area contributed by atoms with E-state index in [9.17, 15) is 0 Å². The summed E-state index contributed by atoms with van der Waals surface area (Å²) in [6.07, 6.45) is 1.11. The molecule has 0 aromatic carbocycles. The molecule has 0 atom stereocenters. The van der Waals surface area contributed by atoms with E-state index in [4.69, 9.17) is 9.47 Å². The Morgan fingerprint density at radius 2 is 2.00 bits per heavy atom. The van der Waals surface area contributed by atoms with Crippen molar-refractivity contribution in [3.8, 4) is 23.7 Å². The molecule has 0 bridgehead atoms. The standard InChI is InChI=1S/C11H12O2/c1-3-5-7-11-12-8-10(6-4-2)9-13-11/h3,10-11H,1,8-9H2,2H3. The van der Waals surface area contributed by atoms with Crippen LogP contribution in [0.5, 0.6) is 0 Å². The third-order valence-corrected chi connectivity index (χ3v) is 1.55. The molecule has 0 spiro atoms. The lowest BCUT2D eigenvalue weighted by atomic mass is 10.2. The number of hydrogen-bond donors (Lipinski definition) is 0. The highest BCUT2D eigenvalue weighted by atomic mass is 16.7. The van der Waals surface area contributed by atoms with Gasteiger partial charge in [0.05, 0.1) is 19.1 Å². The van der Waals surface area contributed by atoms with Gasteiger partial charge < -0.3 is 9.47 Å². The first-order valence-corrected chi connectivity index (χ1v) is 4.14. The molecule has 1 fully saturated rings. The molecule has 0 aliphatic carbocycles. The minimum Gasteiger partial charge on any atom is -0.341 e. The molecule has 0 aromatic rings. The van der Waals surface area contributed by atoms with Crippen molar-refractivity contribution >= 4 is 0 Å². The van der Waals surface area contributed by atoms with Crippen molar-refractivity contribution in [2.24, 2.45) is 5.92 Å². The van der Waals surface area contributed by atoms with Crippen molar-refractivity contribution in [1.82, 2.24) is 0 Å². The van der Waals surface area contributed by atoms with Crippen LogP contribution in [0.4, 0.5) is 0 Å². The normalized spacial score (nSPS) is 26.2. The van der Waals surface area contributed by atoms with E-state index in [-0.39, 0.29) is 5.92 Å². The Labute approximate surface area is 78.9 Å². The second-order valence-corrected chi connectivity index (χ2v) is 2.58. The third kappa shape index (κ3) is 3.34. The predicted octanol–water partition coefficient (Wildman–Crippen LogP) is 1.19. The van der Waals surface area contributed by atoms with E-state index in [0.29, 0.717) is 13.2 Å². The molecule has 2 heteroatoms. The highest BCUT2D eigenvalue weighted by molar-refractivity contribution is 5.14. The number of hydrogen-bond acceptors (Lipinski definition) is 2. The smallest absolute Gasteiger partial charge is 0.222 e. The van der Waals surface area contributed by atoms with Crippen molar-refractivity contribution in [3.05, 3.63) is 12.7 Å². The van der Waals surface area contributed by atoms with Gasteiger partial charge in [-0.3, -0.25) is 0 Å². The van der Waals surface area contributed by atoms with Gasteiger partial charge in [-0.1, -0.05) is 18.4 Å². The second-order valence-electron chi connectivity index (χ2n) is 2.58. The van der Waals surface area contributed by atoms with Crippen LogP contribution in [-0.4, -0.2) is 19.5 Å². The zero-order valence-corrected chi connectivity index (χ0v) is 7.67. The fraction of sp³-hybridized carbons (Fsp3) is 0.455. The van der Waals surface area contributed by atoms with E-state index in [1.807, 2.05) is 6.92 Å². The molecule has 0 aromatic heterocycles. The lowest BCUT2D eigenvalue weighted by Gasteiger charge is -2.22. The largest absolute Gasteiger partial charge is 0.341 e. The van der Waals surface area contributed by atoms with E-state index in [2.05, 4.69) is 30.3 Å². The maximum Gasteiger partial charge on any atom is 0.222 e. The Morgan fingerprint density at radius 3 is 2.54 bits per heavy atom. The summed E-state index contributed by atoms with van der Waals surface area (Å²) in [7, 11) is 0. The van der Waals surface area contributed by atoms with Gasteiger partial charge in [0.15, 0.2) is 0 Å². The summed E-state index contributed by atoms with van der Waals surface area (Å²) in [6, 6.07) is 0. The lowest BCUT2D eigenvalue weighted by Crippen LogP contribution is -2.30. The Hall–Kier alpha value is -1.22. The number of ether oxygens (including phenoxy) is 2. The van der Waals surface area contributed by atoms with Crippen LogP contribution in [-0.2, 0) is 9.47 Å². The monoisotopic (exact) mass is 176 g/mol. The average molecular weight is 176 g/mol. The summed E-state index contributed by atoms with van der Waals surface area (Å²) in [5, 5.41) is 0. The molecule has 1 saturated heterocycles. The van der Waals surface area contributed by atoms with Crippen LogP contribution in [0.2, 0.25) is 0 Å². The van der Waals surface area contributed by atoms with E-state index in [1.54, 1.807) is 0 Å². The molecule has 0 radical (unpaired) electrons.